The van der Waals surface area contributed by atoms with E-state index in [2.05, 4.69) is 15.6 Å². The molecule has 0 amide bonds. The van der Waals surface area contributed by atoms with E-state index in [1.165, 1.54) is 12.1 Å². The van der Waals surface area contributed by atoms with Crippen LogP contribution >= 0.6 is 0 Å². The number of hydrogen-bond donors (Lipinski definition) is 3. The van der Waals surface area contributed by atoms with Crippen molar-refractivity contribution in [2.75, 3.05) is 13.7 Å². The summed E-state index contributed by atoms with van der Waals surface area (Å²) in [7, 11) is 1.64. The molecule has 7 heteroatoms. The first-order valence-corrected chi connectivity index (χ1v) is 9.77. The van der Waals surface area contributed by atoms with Crippen LogP contribution in [0.3, 0.4) is 0 Å². The van der Waals surface area contributed by atoms with E-state index >= 15 is 0 Å². The van der Waals surface area contributed by atoms with Crippen molar-refractivity contribution in [2.45, 2.75) is 39.0 Å². The average Bonchev–Trinajstić information content (AvgIpc) is 3.55. The maximum absolute atomic E-state index is 14.3. The number of aliphatic hydroxyl groups is 1. The number of nitrogens with one attached hydrogen (secondary N) is 2. The van der Waals surface area contributed by atoms with Gasteiger partial charge >= 0.3 is 0 Å². The topological polar surface area (TPSA) is 65.9 Å². The van der Waals surface area contributed by atoms with Crippen molar-refractivity contribution in [3.8, 4) is 5.75 Å². The van der Waals surface area contributed by atoms with Gasteiger partial charge in [-0.15, -0.1) is 0 Å². The van der Waals surface area contributed by atoms with Crippen LogP contribution in [0.4, 0.5) is 8.78 Å². The van der Waals surface area contributed by atoms with Gasteiger partial charge in [-0.25, -0.2) is 8.78 Å². The molecule has 1 aliphatic carbocycles. The largest absolute Gasteiger partial charge is 0.490 e. The third-order valence-electron chi connectivity index (χ3n) is 4.94. The molecule has 29 heavy (non-hydrogen) atoms. The number of benzene rings is 2. The summed E-state index contributed by atoms with van der Waals surface area (Å²) in [5.41, 5.74) is 1.84. The first-order chi connectivity index (χ1) is 14.0. The molecule has 0 radical (unpaired) electrons. The van der Waals surface area contributed by atoms with Crippen molar-refractivity contribution in [2.24, 2.45) is 10.9 Å². The quantitative estimate of drug-likeness (QED) is 0.465. The van der Waals surface area contributed by atoms with Crippen molar-refractivity contribution in [3.63, 3.8) is 0 Å². The number of guanidine groups is 1. The zero-order chi connectivity index (χ0) is 20.8. The molecule has 0 heterocycles. The molecule has 2 aromatic rings. The zero-order valence-electron chi connectivity index (χ0n) is 16.7. The average molecular weight is 403 g/mol. The van der Waals surface area contributed by atoms with Gasteiger partial charge in [0.15, 0.2) is 17.5 Å². The Morgan fingerprint density at radius 3 is 2.66 bits per heavy atom. The van der Waals surface area contributed by atoms with Crippen LogP contribution in [0.25, 0.3) is 0 Å². The Morgan fingerprint density at radius 1 is 1.21 bits per heavy atom. The van der Waals surface area contributed by atoms with Gasteiger partial charge < -0.3 is 20.5 Å². The Balaban J connectivity index is 1.56. The first-order valence-electron chi connectivity index (χ1n) is 9.77. The van der Waals surface area contributed by atoms with Crippen LogP contribution in [0.15, 0.2) is 41.4 Å². The number of aliphatic hydroxyl groups excluding tert-OH is 1. The smallest absolute Gasteiger partial charge is 0.191 e. The lowest BCUT2D eigenvalue weighted by Crippen LogP contribution is -2.38. The van der Waals surface area contributed by atoms with Gasteiger partial charge in [0.2, 0.25) is 0 Å². The highest BCUT2D eigenvalue weighted by Gasteiger charge is 2.22. The van der Waals surface area contributed by atoms with E-state index in [1.807, 2.05) is 13.0 Å². The highest BCUT2D eigenvalue weighted by atomic mass is 19.1. The van der Waals surface area contributed by atoms with Gasteiger partial charge in [-0.05, 0) is 61.1 Å². The molecule has 3 N–H and O–H groups in total. The molecule has 1 aliphatic rings. The molecule has 0 spiro atoms. The number of halogens is 2. The summed E-state index contributed by atoms with van der Waals surface area (Å²) in [6.07, 6.45) is 2.32. The minimum Gasteiger partial charge on any atom is -0.490 e. The number of nitrogens with zero attached hydrogens (tertiary/aromatic N) is 1. The summed E-state index contributed by atoms with van der Waals surface area (Å²) in [5.74, 6) is 0.577. The zero-order valence-corrected chi connectivity index (χ0v) is 16.7. The van der Waals surface area contributed by atoms with Gasteiger partial charge in [-0.1, -0.05) is 12.1 Å². The van der Waals surface area contributed by atoms with Crippen LogP contribution in [0.1, 0.15) is 42.5 Å². The number of rotatable bonds is 8. The highest BCUT2D eigenvalue weighted by Crippen LogP contribution is 2.30. The first kappa shape index (κ1) is 21.0. The fraction of sp³-hybridized carbons (Fsp3) is 0.409. The van der Waals surface area contributed by atoms with E-state index in [0.717, 1.165) is 24.0 Å². The Kier molecular flexibility index (Phi) is 7.04. The standard InChI is InChI=1S/C22H27F2N3O2/c1-14(17-6-8-21(20(24)10-17)29-13-15-3-4-15)27-22(25-2)26-11-16-5-7-19(23)18(9-16)12-28/h5-10,14-15,28H,3-4,11-13H2,1-2H3,(H2,25,26,27). The molecule has 1 saturated carbocycles. The second-order valence-corrected chi connectivity index (χ2v) is 7.32. The van der Waals surface area contributed by atoms with Gasteiger partial charge in [-0.2, -0.15) is 0 Å². The van der Waals surface area contributed by atoms with Crippen molar-refractivity contribution in [1.82, 2.24) is 10.6 Å². The number of ether oxygens (including phenoxy) is 1. The molecule has 0 bridgehead atoms. The summed E-state index contributed by atoms with van der Waals surface area (Å²) in [6, 6.07) is 9.37. The second kappa shape index (κ2) is 9.69. The fourth-order valence-corrected chi connectivity index (χ4v) is 2.92. The second-order valence-electron chi connectivity index (χ2n) is 7.32. The van der Waals surface area contributed by atoms with Crippen LogP contribution < -0.4 is 15.4 Å². The van der Waals surface area contributed by atoms with Gasteiger partial charge in [0.05, 0.1) is 19.3 Å². The fourth-order valence-electron chi connectivity index (χ4n) is 2.92. The normalized spacial score (nSPS) is 15.1. The molecule has 1 atom stereocenters. The Morgan fingerprint density at radius 2 is 2.00 bits per heavy atom. The van der Waals surface area contributed by atoms with Gasteiger partial charge in [0.25, 0.3) is 0 Å². The van der Waals surface area contributed by atoms with Gasteiger partial charge in [-0.3, -0.25) is 4.99 Å². The maximum atomic E-state index is 14.3. The van der Waals surface area contributed by atoms with E-state index in [0.29, 0.717) is 25.0 Å². The third kappa shape index (κ3) is 5.90. The van der Waals surface area contributed by atoms with Crippen molar-refractivity contribution < 1.29 is 18.6 Å². The summed E-state index contributed by atoms with van der Waals surface area (Å²) in [5, 5.41) is 15.5. The summed E-state index contributed by atoms with van der Waals surface area (Å²) >= 11 is 0. The predicted molar refractivity (Wildman–Crippen MR) is 109 cm³/mol. The lowest BCUT2D eigenvalue weighted by atomic mass is 10.1. The molecule has 5 nitrogen and oxygen atoms in total. The summed E-state index contributed by atoms with van der Waals surface area (Å²) in [4.78, 5) is 4.18. The number of hydrogen-bond acceptors (Lipinski definition) is 3. The van der Waals surface area contributed by atoms with Crippen LogP contribution in [-0.4, -0.2) is 24.7 Å². The Hall–Kier alpha value is -2.67. The van der Waals surface area contributed by atoms with Crippen molar-refractivity contribution in [1.29, 1.82) is 0 Å². The van der Waals surface area contributed by atoms with Crippen molar-refractivity contribution >= 4 is 5.96 Å². The number of aliphatic imine (C=N–C) groups is 1. The lowest BCUT2D eigenvalue weighted by Gasteiger charge is -2.19. The van der Waals surface area contributed by atoms with Gasteiger partial charge in [0.1, 0.15) is 5.82 Å². The van der Waals surface area contributed by atoms with Crippen LogP contribution in [0, 0.1) is 17.6 Å². The highest BCUT2D eigenvalue weighted by molar-refractivity contribution is 5.80. The SMILES string of the molecule is CN=C(NCc1ccc(F)c(CO)c1)NC(C)c1ccc(OCC2CC2)c(F)c1. The summed E-state index contributed by atoms with van der Waals surface area (Å²) in [6.45, 7) is 2.54. The van der Waals surface area contributed by atoms with E-state index in [4.69, 9.17) is 4.74 Å². The third-order valence-corrected chi connectivity index (χ3v) is 4.94. The van der Waals surface area contributed by atoms with Crippen LogP contribution in [0.2, 0.25) is 0 Å². The predicted octanol–water partition coefficient (Wildman–Crippen LogP) is 3.67. The van der Waals surface area contributed by atoms with Crippen LogP contribution in [-0.2, 0) is 13.2 Å². The molecular formula is C22H27F2N3O2. The minimum atomic E-state index is -0.432. The molecule has 1 fully saturated rings. The van der Waals surface area contributed by atoms with Crippen LogP contribution in [0.5, 0.6) is 5.75 Å². The molecule has 3 rings (SSSR count). The lowest BCUT2D eigenvalue weighted by molar-refractivity contribution is 0.275. The summed E-state index contributed by atoms with van der Waals surface area (Å²) < 4.78 is 33.4. The molecule has 2 aromatic carbocycles. The monoisotopic (exact) mass is 403 g/mol. The van der Waals surface area contributed by atoms with Crippen molar-refractivity contribution in [3.05, 3.63) is 64.7 Å². The van der Waals surface area contributed by atoms with E-state index in [-0.39, 0.29) is 29.8 Å². The Bertz CT molecular complexity index is 869. The minimum absolute atomic E-state index is 0.186. The molecule has 0 aliphatic heterocycles. The molecule has 1 unspecified atom stereocenters. The van der Waals surface area contributed by atoms with E-state index < -0.39 is 5.82 Å². The maximum Gasteiger partial charge on any atom is 0.191 e. The molecule has 0 saturated heterocycles. The van der Waals surface area contributed by atoms with Gasteiger partial charge in [0, 0.05) is 19.2 Å². The molecular weight excluding hydrogens is 376 g/mol. The van der Waals surface area contributed by atoms with E-state index in [1.54, 1.807) is 25.2 Å². The molecule has 156 valence electrons. The van der Waals surface area contributed by atoms with E-state index in [9.17, 15) is 13.9 Å². The molecule has 0 aromatic heterocycles. The Labute approximate surface area is 169 Å².